The van der Waals surface area contributed by atoms with Crippen LogP contribution in [0, 0.1) is 23.7 Å². The molecule has 1 N–H and O–H groups in total. The third kappa shape index (κ3) is 1.83. The second-order valence-electron chi connectivity index (χ2n) is 6.14. The zero-order chi connectivity index (χ0) is 14.6. The van der Waals surface area contributed by atoms with Crippen molar-refractivity contribution in [2.24, 2.45) is 23.7 Å². The summed E-state index contributed by atoms with van der Waals surface area (Å²) in [6, 6.07) is 7.26. The van der Waals surface area contributed by atoms with E-state index in [9.17, 15) is 9.59 Å². The first-order valence-electron chi connectivity index (χ1n) is 7.33. The number of carbonyl (C=O) groups is 2. The third-order valence-corrected chi connectivity index (χ3v) is 5.12. The average Bonchev–Trinajstić information content (AvgIpc) is 3.08. The second kappa shape index (κ2) is 4.48. The molecular formula is C16H17NO4. The first-order chi connectivity index (χ1) is 10.2. The predicted molar refractivity (Wildman–Crippen MR) is 74.7 cm³/mol. The van der Waals surface area contributed by atoms with Gasteiger partial charge in [-0.3, -0.25) is 9.59 Å². The van der Waals surface area contributed by atoms with Gasteiger partial charge in [-0.25, -0.2) is 0 Å². The van der Waals surface area contributed by atoms with Crippen LogP contribution in [0.2, 0.25) is 0 Å². The second-order valence-corrected chi connectivity index (χ2v) is 6.14. The number of benzene rings is 1. The molecule has 5 nitrogen and oxygen atoms in total. The van der Waals surface area contributed by atoms with Crippen molar-refractivity contribution in [2.75, 3.05) is 12.4 Å². The molecule has 3 fully saturated rings. The van der Waals surface area contributed by atoms with Crippen molar-refractivity contribution in [1.29, 1.82) is 0 Å². The minimum absolute atomic E-state index is 0.0633. The number of fused-ring (bicyclic) bond motifs is 1. The van der Waals surface area contributed by atoms with E-state index in [4.69, 9.17) is 9.47 Å². The quantitative estimate of drug-likeness (QED) is 0.861. The molecule has 21 heavy (non-hydrogen) atoms. The largest absolute Gasteiger partial charge is 0.497 e. The van der Waals surface area contributed by atoms with Crippen molar-refractivity contribution in [3.05, 3.63) is 24.3 Å². The Morgan fingerprint density at radius 3 is 3.05 bits per heavy atom. The Kier molecular flexibility index (Phi) is 2.71. The number of hydrogen-bond acceptors (Lipinski definition) is 4. The van der Waals surface area contributed by atoms with E-state index in [0.717, 1.165) is 12.8 Å². The van der Waals surface area contributed by atoms with Gasteiger partial charge < -0.3 is 14.8 Å². The Hall–Kier alpha value is -2.04. The third-order valence-electron chi connectivity index (χ3n) is 5.12. The first-order valence-corrected chi connectivity index (χ1v) is 7.33. The monoisotopic (exact) mass is 287 g/mol. The van der Waals surface area contributed by atoms with Crippen LogP contribution in [0.4, 0.5) is 5.69 Å². The summed E-state index contributed by atoms with van der Waals surface area (Å²) in [5.74, 6) is 0.493. The summed E-state index contributed by atoms with van der Waals surface area (Å²) in [5.41, 5.74) is 0.699. The Balaban J connectivity index is 1.54. The molecule has 0 radical (unpaired) electrons. The molecule has 1 aromatic carbocycles. The zero-order valence-corrected chi connectivity index (χ0v) is 11.7. The summed E-state index contributed by atoms with van der Waals surface area (Å²) in [6.07, 6.45) is 1.84. The lowest BCUT2D eigenvalue weighted by Crippen LogP contribution is -2.35. The minimum atomic E-state index is -0.243. The van der Waals surface area contributed by atoms with E-state index in [1.165, 1.54) is 0 Å². The summed E-state index contributed by atoms with van der Waals surface area (Å²) in [6.45, 7) is 0. The molecule has 4 rings (SSSR count). The molecule has 2 saturated carbocycles. The van der Waals surface area contributed by atoms with E-state index >= 15 is 0 Å². The smallest absolute Gasteiger partial charge is 0.310 e. The highest BCUT2D eigenvalue weighted by Gasteiger charge is 2.63. The summed E-state index contributed by atoms with van der Waals surface area (Å²) in [7, 11) is 1.59. The lowest BCUT2D eigenvalue weighted by Gasteiger charge is -2.23. The maximum absolute atomic E-state index is 12.6. The number of hydrogen-bond donors (Lipinski definition) is 1. The van der Waals surface area contributed by atoms with Crippen LogP contribution in [0.3, 0.4) is 0 Å². The zero-order valence-electron chi connectivity index (χ0n) is 11.7. The Morgan fingerprint density at radius 2 is 2.24 bits per heavy atom. The van der Waals surface area contributed by atoms with Crippen LogP contribution in [-0.4, -0.2) is 25.1 Å². The Labute approximate surface area is 122 Å². The predicted octanol–water partition coefficient (Wildman–Crippen LogP) is 1.83. The van der Waals surface area contributed by atoms with Crippen LogP contribution in [0.15, 0.2) is 24.3 Å². The molecule has 0 aromatic heterocycles. The number of rotatable bonds is 3. The normalized spacial score (nSPS) is 35.7. The molecule has 1 aromatic rings. The summed E-state index contributed by atoms with van der Waals surface area (Å²) < 4.78 is 10.5. The van der Waals surface area contributed by atoms with Crippen molar-refractivity contribution in [1.82, 2.24) is 0 Å². The molecule has 2 aliphatic carbocycles. The SMILES string of the molecule is COc1cccc(NC(=O)[C@H]2[C@@H]3C[C@H]4[C@@H]2C(=O)O[C@@H]4C3)c1. The van der Waals surface area contributed by atoms with Crippen molar-refractivity contribution in [3.8, 4) is 5.75 Å². The van der Waals surface area contributed by atoms with Crippen molar-refractivity contribution in [2.45, 2.75) is 18.9 Å². The molecule has 3 aliphatic rings. The lowest BCUT2D eigenvalue weighted by atomic mass is 9.79. The topological polar surface area (TPSA) is 64.6 Å². The molecule has 1 heterocycles. The average molecular weight is 287 g/mol. The van der Waals surface area contributed by atoms with Gasteiger partial charge >= 0.3 is 5.97 Å². The summed E-state index contributed by atoms with van der Waals surface area (Å²) >= 11 is 0. The molecule has 5 heteroatoms. The van der Waals surface area contributed by atoms with Crippen molar-refractivity contribution in [3.63, 3.8) is 0 Å². The van der Waals surface area contributed by atoms with Crippen molar-refractivity contribution >= 4 is 17.6 Å². The van der Waals surface area contributed by atoms with Crippen LogP contribution < -0.4 is 10.1 Å². The molecule has 5 atom stereocenters. The lowest BCUT2D eigenvalue weighted by molar-refractivity contribution is -0.145. The minimum Gasteiger partial charge on any atom is -0.497 e. The molecule has 0 unspecified atom stereocenters. The van der Waals surface area contributed by atoms with E-state index in [2.05, 4.69) is 5.32 Å². The van der Waals surface area contributed by atoms with Gasteiger partial charge in [0.1, 0.15) is 11.9 Å². The van der Waals surface area contributed by atoms with Gasteiger partial charge in [0, 0.05) is 17.7 Å². The van der Waals surface area contributed by atoms with Gasteiger partial charge in [-0.05, 0) is 30.9 Å². The maximum atomic E-state index is 12.6. The highest BCUT2D eigenvalue weighted by atomic mass is 16.6. The van der Waals surface area contributed by atoms with Gasteiger partial charge in [-0.15, -0.1) is 0 Å². The molecular weight excluding hydrogens is 270 g/mol. The molecule has 2 bridgehead atoms. The van der Waals surface area contributed by atoms with Crippen LogP contribution in [0.1, 0.15) is 12.8 Å². The van der Waals surface area contributed by atoms with Crippen LogP contribution in [0.5, 0.6) is 5.75 Å². The van der Waals surface area contributed by atoms with E-state index < -0.39 is 0 Å². The highest BCUT2D eigenvalue weighted by Crippen LogP contribution is 2.57. The van der Waals surface area contributed by atoms with E-state index in [-0.39, 0.29) is 41.7 Å². The Morgan fingerprint density at radius 1 is 1.38 bits per heavy atom. The summed E-state index contributed by atoms with van der Waals surface area (Å²) in [4.78, 5) is 24.5. The molecule has 1 aliphatic heterocycles. The molecule has 110 valence electrons. The number of ether oxygens (including phenoxy) is 2. The highest BCUT2D eigenvalue weighted by molar-refractivity contribution is 5.97. The van der Waals surface area contributed by atoms with Gasteiger partial charge in [0.05, 0.1) is 18.9 Å². The fourth-order valence-corrected chi connectivity index (χ4v) is 4.29. The van der Waals surface area contributed by atoms with Crippen LogP contribution in [0.25, 0.3) is 0 Å². The van der Waals surface area contributed by atoms with Gasteiger partial charge in [-0.2, -0.15) is 0 Å². The first kappa shape index (κ1) is 12.7. The molecule has 1 amide bonds. The van der Waals surface area contributed by atoms with Gasteiger partial charge in [-0.1, -0.05) is 6.07 Å². The number of anilines is 1. The number of amides is 1. The number of methoxy groups -OCH3 is 1. The fraction of sp³-hybridized carbons (Fsp3) is 0.500. The Bertz CT molecular complexity index is 612. The molecule has 0 spiro atoms. The fourth-order valence-electron chi connectivity index (χ4n) is 4.29. The van der Waals surface area contributed by atoms with Crippen LogP contribution in [-0.2, 0) is 14.3 Å². The van der Waals surface area contributed by atoms with Gasteiger partial charge in [0.15, 0.2) is 0 Å². The number of nitrogens with one attached hydrogen (secondary N) is 1. The van der Waals surface area contributed by atoms with Crippen molar-refractivity contribution < 1.29 is 19.1 Å². The van der Waals surface area contributed by atoms with E-state index in [1.54, 1.807) is 13.2 Å². The van der Waals surface area contributed by atoms with Gasteiger partial charge in [0.25, 0.3) is 0 Å². The standard InChI is InChI=1S/C16H17NO4/c1-20-10-4-2-3-9(7-10)17-15(18)13-8-5-11-12(6-8)21-16(19)14(11)13/h2-4,7-8,11-14H,5-6H2,1H3,(H,17,18)/t8-,11-,12-,13+,14+/m1/s1. The molecule has 1 saturated heterocycles. The number of esters is 1. The van der Waals surface area contributed by atoms with Gasteiger partial charge in [0.2, 0.25) is 5.91 Å². The summed E-state index contributed by atoms with van der Waals surface area (Å²) in [5, 5.41) is 2.92. The van der Waals surface area contributed by atoms with Crippen LogP contribution >= 0.6 is 0 Å². The maximum Gasteiger partial charge on any atom is 0.310 e. The number of carbonyl (C=O) groups excluding carboxylic acids is 2. The van der Waals surface area contributed by atoms with E-state index in [1.807, 2.05) is 18.2 Å². The van der Waals surface area contributed by atoms with E-state index in [0.29, 0.717) is 11.4 Å².